The van der Waals surface area contributed by atoms with E-state index < -0.39 is 11.5 Å². The first-order valence-electron chi connectivity index (χ1n) is 7.56. The lowest BCUT2D eigenvalue weighted by atomic mass is 9.90. The molecule has 116 valence electrons. The van der Waals surface area contributed by atoms with Gasteiger partial charge in [-0.05, 0) is 39.2 Å². The van der Waals surface area contributed by atoms with Gasteiger partial charge in [-0.3, -0.25) is 9.48 Å². The molecule has 6 heteroatoms. The molecule has 6 nitrogen and oxygen atoms in total. The van der Waals surface area contributed by atoms with Gasteiger partial charge >= 0.3 is 5.97 Å². The van der Waals surface area contributed by atoms with Gasteiger partial charge in [0.05, 0.1) is 5.69 Å². The molecule has 0 aromatic carbocycles. The summed E-state index contributed by atoms with van der Waals surface area (Å²) in [5.41, 5.74) is 0.206. The second-order valence-corrected chi connectivity index (χ2v) is 5.63. The molecule has 0 aliphatic carbocycles. The molecular formula is C15H23N3O3. The molecule has 1 aromatic heterocycles. The first-order chi connectivity index (χ1) is 9.96. The highest BCUT2D eigenvalue weighted by atomic mass is 16.4. The molecule has 1 fully saturated rings. The third-order valence-electron chi connectivity index (χ3n) is 4.22. The molecular weight excluding hydrogens is 270 g/mol. The highest BCUT2D eigenvalue weighted by molar-refractivity contribution is 5.97. The molecule has 2 rings (SSSR count). The molecule has 1 aromatic rings. The van der Waals surface area contributed by atoms with Crippen LogP contribution in [0.2, 0.25) is 0 Å². The summed E-state index contributed by atoms with van der Waals surface area (Å²) in [6, 6.07) is 1.74. The van der Waals surface area contributed by atoms with Gasteiger partial charge in [0.1, 0.15) is 11.2 Å². The van der Waals surface area contributed by atoms with E-state index in [0.717, 1.165) is 18.5 Å². The summed E-state index contributed by atoms with van der Waals surface area (Å²) in [5.74, 6) is -1.11. The molecule has 1 aliphatic rings. The zero-order valence-electron chi connectivity index (χ0n) is 12.9. The molecule has 2 heterocycles. The zero-order valence-corrected chi connectivity index (χ0v) is 12.9. The fraction of sp³-hybridized carbons (Fsp3) is 0.667. The molecule has 21 heavy (non-hydrogen) atoms. The minimum absolute atomic E-state index is 0.217. The van der Waals surface area contributed by atoms with Crippen LogP contribution in [0.5, 0.6) is 0 Å². The molecule has 1 amide bonds. The number of rotatable bonds is 5. The van der Waals surface area contributed by atoms with E-state index in [1.807, 2.05) is 20.8 Å². The number of amides is 1. The van der Waals surface area contributed by atoms with E-state index >= 15 is 0 Å². The summed E-state index contributed by atoms with van der Waals surface area (Å²) >= 11 is 0. The van der Waals surface area contributed by atoms with Crippen LogP contribution in [-0.2, 0) is 11.3 Å². The summed E-state index contributed by atoms with van der Waals surface area (Å²) in [5, 5.41) is 14.0. The number of hydrogen-bond donors (Lipinski definition) is 1. The summed E-state index contributed by atoms with van der Waals surface area (Å²) < 4.78 is 1.65. The monoisotopic (exact) mass is 293 g/mol. The quantitative estimate of drug-likeness (QED) is 0.901. The molecule has 0 bridgehead atoms. The lowest BCUT2D eigenvalue weighted by Crippen LogP contribution is -2.53. The number of aryl methyl sites for hydroxylation is 2. The minimum atomic E-state index is -1.05. The Morgan fingerprint density at radius 2 is 2.14 bits per heavy atom. The van der Waals surface area contributed by atoms with Crippen molar-refractivity contribution in [2.75, 3.05) is 6.54 Å². The maximum Gasteiger partial charge on any atom is 0.329 e. The first kappa shape index (κ1) is 15.5. The molecule has 1 aliphatic heterocycles. The van der Waals surface area contributed by atoms with Gasteiger partial charge in [-0.15, -0.1) is 0 Å². The molecule has 0 radical (unpaired) electrons. The van der Waals surface area contributed by atoms with Crippen molar-refractivity contribution >= 4 is 11.9 Å². The Morgan fingerprint density at radius 3 is 2.71 bits per heavy atom. The average molecular weight is 293 g/mol. The second-order valence-electron chi connectivity index (χ2n) is 5.63. The predicted molar refractivity (Wildman–Crippen MR) is 78.2 cm³/mol. The lowest BCUT2D eigenvalue weighted by Gasteiger charge is -2.34. The van der Waals surface area contributed by atoms with Gasteiger partial charge in [-0.2, -0.15) is 5.10 Å². The van der Waals surface area contributed by atoms with Gasteiger partial charge in [-0.1, -0.05) is 13.3 Å². The third kappa shape index (κ3) is 2.54. The number of nitrogens with zero attached hydrogens (tertiary/aromatic N) is 3. The number of carboxylic acids is 1. The predicted octanol–water partition coefficient (Wildman–Crippen LogP) is 2.07. The highest BCUT2D eigenvalue weighted by Crippen LogP contribution is 2.35. The van der Waals surface area contributed by atoms with Gasteiger partial charge < -0.3 is 10.0 Å². The number of hydrogen-bond acceptors (Lipinski definition) is 3. The number of carboxylic acid groups (broad SMARTS) is 1. The Hall–Kier alpha value is -1.85. The van der Waals surface area contributed by atoms with Gasteiger partial charge in [0.25, 0.3) is 5.91 Å². The van der Waals surface area contributed by atoms with E-state index in [9.17, 15) is 14.7 Å². The van der Waals surface area contributed by atoms with Gasteiger partial charge in [0.15, 0.2) is 0 Å². The van der Waals surface area contributed by atoms with Crippen LogP contribution in [0.1, 0.15) is 55.7 Å². The summed E-state index contributed by atoms with van der Waals surface area (Å²) in [7, 11) is 0. The average Bonchev–Trinajstić information content (AvgIpc) is 3.02. The normalized spacial score (nSPS) is 21.8. The maximum absolute atomic E-state index is 12.8. The van der Waals surface area contributed by atoms with E-state index in [0.29, 0.717) is 31.6 Å². The molecule has 0 spiro atoms. The number of carbonyl (C=O) groups excluding carboxylic acids is 1. The zero-order chi connectivity index (χ0) is 15.6. The van der Waals surface area contributed by atoms with Crippen LogP contribution in [0.25, 0.3) is 0 Å². The van der Waals surface area contributed by atoms with Gasteiger partial charge in [0, 0.05) is 13.1 Å². The van der Waals surface area contributed by atoms with Crippen molar-refractivity contribution in [3.63, 3.8) is 0 Å². The maximum atomic E-state index is 12.8. The van der Waals surface area contributed by atoms with E-state index in [1.165, 1.54) is 0 Å². The minimum Gasteiger partial charge on any atom is -0.479 e. The Balaban J connectivity index is 2.38. The van der Waals surface area contributed by atoms with Crippen molar-refractivity contribution in [1.29, 1.82) is 0 Å². The Kier molecular flexibility index (Phi) is 4.34. The fourth-order valence-electron chi connectivity index (χ4n) is 3.27. The van der Waals surface area contributed by atoms with Crippen molar-refractivity contribution in [2.45, 2.75) is 58.5 Å². The van der Waals surface area contributed by atoms with Crippen LogP contribution >= 0.6 is 0 Å². The Morgan fingerprint density at radius 1 is 1.43 bits per heavy atom. The van der Waals surface area contributed by atoms with Crippen LogP contribution in [0, 0.1) is 6.92 Å². The number of aromatic nitrogens is 2. The van der Waals surface area contributed by atoms with E-state index in [2.05, 4.69) is 5.10 Å². The van der Waals surface area contributed by atoms with Gasteiger partial charge in [-0.25, -0.2) is 4.79 Å². The molecule has 1 unspecified atom stereocenters. The Labute approximate surface area is 124 Å². The van der Waals surface area contributed by atoms with Crippen molar-refractivity contribution in [3.8, 4) is 0 Å². The second kappa shape index (κ2) is 5.87. The van der Waals surface area contributed by atoms with Crippen LogP contribution in [-0.4, -0.2) is 43.7 Å². The van der Waals surface area contributed by atoms with Crippen molar-refractivity contribution in [3.05, 3.63) is 17.5 Å². The largest absolute Gasteiger partial charge is 0.479 e. The van der Waals surface area contributed by atoms with Crippen LogP contribution in [0.15, 0.2) is 6.07 Å². The number of aliphatic carboxylic acids is 1. The van der Waals surface area contributed by atoms with Crippen LogP contribution in [0.3, 0.4) is 0 Å². The van der Waals surface area contributed by atoms with Crippen molar-refractivity contribution in [1.82, 2.24) is 14.7 Å². The standard InChI is InChI=1S/C15H23N3O3/c1-4-7-15(14(20)21)8-6-9-17(15)13(19)12-10-11(3)16-18(12)5-2/h10H,4-9H2,1-3H3,(H,20,21). The summed E-state index contributed by atoms with van der Waals surface area (Å²) in [6.07, 6.45) is 2.49. The summed E-state index contributed by atoms with van der Waals surface area (Å²) in [6.45, 7) is 6.80. The smallest absolute Gasteiger partial charge is 0.329 e. The van der Waals surface area contributed by atoms with E-state index in [4.69, 9.17) is 0 Å². The van der Waals surface area contributed by atoms with Crippen molar-refractivity contribution in [2.24, 2.45) is 0 Å². The lowest BCUT2D eigenvalue weighted by molar-refractivity contribution is -0.148. The fourth-order valence-corrected chi connectivity index (χ4v) is 3.27. The Bertz CT molecular complexity index is 552. The molecule has 1 saturated heterocycles. The SMILES string of the molecule is CCCC1(C(=O)O)CCCN1C(=O)c1cc(C)nn1CC. The van der Waals surface area contributed by atoms with Crippen molar-refractivity contribution < 1.29 is 14.7 Å². The highest BCUT2D eigenvalue weighted by Gasteiger charge is 2.49. The van der Waals surface area contributed by atoms with E-state index in [-0.39, 0.29) is 5.91 Å². The third-order valence-corrected chi connectivity index (χ3v) is 4.22. The van der Waals surface area contributed by atoms with Crippen LogP contribution < -0.4 is 0 Å². The van der Waals surface area contributed by atoms with E-state index in [1.54, 1.807) is 15.6 Å². The summed E-state index contributed by atoms with van der Waals surface area (Å²) in [4.78, 5) is 26.2. The molecule has 1 atom stereocenters. The van der Waals surface area contributed by atoms with Gasteiger partial charge in [0.2, 0.25) is 0 Å². The molecule has 1 N–H and O–H groups in total. The number of likely N-dealkylation sites (tertiary alicyclic amines) is 1. The topological polar surface area (TPSA) is 75.4 Å². The molecule has 0 saturated carbocycles. The van der Waals surface area contributed by atoms with Crippen LogP contribution in [0.4, 0.5) is 0 Å². The first-order valence-corrected chi connectivity index (χ1v) is 7.56. The number of carbonyl (C=O) groups is 2.